The van der Waals surface area contributed by atoms with Gasteiger partial charge in [0.2, 0.25) is 0 Å². The van der Waals surface area contributed by atoms with Crippen LogP contribution >= 0.6 is 15.9 Å². The molecule has 0 aliphatic heterocycles. The Kier molecular flexibility index (Phi) is 2.82. The standard InChI is InChI=1S/C13H17BrN2/c1-9-6-5-7-11-15-10(8-13(2,3)4)12(14)16(9)11/h5-7H,8H2,1-4H3. The quantitative estimate of drug-likeness (QED) is 0.772. The Morgan fingerprint density at radius 1 is 1.31 bits per heavy atom. The van der Waals surface area contributed by atoms with E-state index in [1.807, 2.05) is 12.1 Å². The van der Waals surface area contributed by atoms with Crippen molar-refractivity contribution >= 4 is 21.6 Å². The molecule has 3 heteroatoms. The molecule has 0 aliphatic rings. The van der Waals surface area contributed by atoms with Gasteiger partial charge in [0.25, 0.3) is 0 Å². The summed E-state index contributed by atoms with van der Waals surface area (Å²) in [4.78, 5) is 4.67. The Labute approximate surface area is 105 Å². The Hall–Kier alpha value is -0.830. The molecule has 0 saturated heterocycles. The molecule has 2 nitrogen and oxygen atoms in total. The third-order valence-corrected chi connectivity index (χ3v) is 3.36. The first-order valence-electron chi connectivity index (χ1n) is 5.51. The maximum Gasteiger partial charge on any atom is 0.138 e. The average Bonchev–Trinajstić information content (AvgIpc) is 2.42. The molecule has 0 radical (unpaired) electrons. The first-order chi connectivity index (χ1) is 7.38. The average molecular weight is 281 g/mol. The molecule has 2 aromatic rings. The van der Waals surface area contributed by atoms with E-state index in [-0.39, 0.29) is 5.41 Å². The summed E-state index contributed by atoms with van der Waals surface area (Å²) in [6, 6.07) is 6.19. The van der Waals surface area contributed by atoms with Gasteiger partial charge < -0.3 is 0 Å². The summed E-state index contributed by atoms with van der Waals surface area (Å²) in [7, 11) is 0. The highest BCUT2D eigenvalue weighted by atomic mass is 79.9. The highest BCUT2D eigenvalue weighted by Gasteiger charge is 2.18. The molecule has 16 heavy (non-hydrogen) atoms. The Balaban J connectivity index is 2.57. The molecular weight excluding hydrogens is 264 g/mol. The van der Waals surface area contributed by atoms with Gasteiger partial charge in [-0.1, -0.05) is 26.8 Å². The minimum absolute atomic E-state index is 0.258. The van der Waals surface area contributed by atoms with Gasteiger partial charge >= 0.3 is 0 Å². The zero-order valence-electron chi connectivity index (χ0n) is 10.2. The van der Waals surface area contributed by atoms with Crippen molar-refractivity contribution in [1.82, 2.24) is 9.38 Å². The summed E-state index contributed by atoms with van der Waals surface area (Å²) in [5, 5.41) is 0. The number of hydrogen-bond donors (Lipinski definition) is 0. The van der Waals surface area contributed by atoms with Crippen molar-refractivity contribution in [2.45, 2.75) is 34.1 Å². The van der Waals surface area contributed by atoms with Crippen LogP contribution in [0.1, 0.15) is 32.2 Å². The topological polar surface area (TPSA) is 17.3 Å². The molecule has 0 spiro atoms. The second-order valence-electron chi connectivity index (χ2n) is 5.45. The van der Waals surface area contributed by atoms with E-state index in [4.69, 9.17) is 0 Å². The van der Waals surface area contributed by atoms with Crippen molar-refractivity contribution in [3.63, 3.8) is 0 Å². The van der Waals surface area contributed by atoms with Gasteiger partial charge in [-0.15, -0.1) is 0 Å². The molecule has 86 valence electrons. The highest BCUT2D eigenvalue weighted by Crippen LogP contribution is 2.27. The lowest BCUT2D eigenvalue weighted by molar-refractivity contribution is 0.406. The fourth-order valence-corrected chi connectivity index (χ4v) is 2.56. The first-order valence-corrected chi connectivity index (χ1v) is 6.30. The van der Waals surface area contributed by atoms with Crippen LogP contribution in [0.4, 0.5) is 0 Å². The van der Waals surface area contributed by atoms with E-state index >= 15 is 0 Å². The van der Waals surface area contributed by atoms with E-state index in [1.54, 1.807) is 0 Å². The number of nitrogens with zero attached hydrogens (tertiary/aromatic N) is 2. The van der Waals surface area contributed by atoms with E-state index in [1.165, 1.54) is 5.69 Å². The molecular formula is C13H17BrN2. The summed E-state index contributed by atoms with van der Waals surface area (Å²) in [6.07, 6.45) is 0.981. The van der Waals surface area contributed by atoms with Gasteiger partial charge in [-0.3, -0.25) is 4.40 Å². The molecule has 0 aliphatic carbocycles. The molecule has 2 heterocycles. The summed E-state index contributed by atoms with van der Waals surface area (Å²) in [5.41, 5.74) is 3.62. The molecule has 0 amide bonds. The number of rotatable bonds is 1. The monoisotopic (exact) mass is 280 g/mol. The molecule has 0 saturated carbocycles. The maximum absolute atomic E-state index is 4.67. The van der Waals surface area contributed by atoms with Crippen molar-refractivity contribution in [2.24, 2.45) is 5.41 Å². The van der Waals surface area contributed by atoms with E-state index in [9.17, 15) is 0 Å². The number of aryl methyl sites for hydroxylation is 1. The van der Waals surface area contributed by atoms with Crippen LogP contribution < -0.4 is 0 Å². The smallest absolute Gasteiger partial charge is 0.138 e. The van der Waals surface area contributed by atoms with Gasteiger partial charge in [0.05, 0.1) is 5.69 Å². The summed E-state index contributed by atoms with van der Waals surface area (Å²) in [5.74, 6) is 0. The summed E-state index contributed by atoms with van der Waals surface area (Å²) >= 11 is 3.66. The van der Waals surface area contributed by atoms with Crippen molar-refractivity contribution in [3.8, 4) is 0 Å². The fourth-order valence-electron chi connectivity index (χ4n) is 1.87. The van der Waals surface area contributed by atoms with Gasteiger partial charge in [-0.25, -0.2) is 4.98 Å². The summed E-state index contributed by atoms with van der Waals surface area (Å²) < 4.78 is 3.25. The van der Waals surface area contributed by atoms with Crippen LogP contribution in [0.2, 0.25) is 0 Å². The maximum atomic E-state index is 4.67. The number of fused-ring (bicyclic) bond motifs is 1. The first kappa shape index (κ1) is 11.6. The lowest BCUT2D eigenvalue weighted by atomic mass is 9.91. The molecule has 0 atom stereocenters. The minimum atomic E-state index is 0.258. The van der Waals surface area contributed by atoms with Crippen molar-refractivity contribution in [2.75, 3.05) is 0 Å². The van der Waals surface area contributed by atoms with Crippen LogP contribution in [0, 0.1) is 12.3 Å². The predicted molar refractivity (Wildman–Crippen MR) is 70.8 cm³/mol. The number of aromatic nitrogens is 2. The molecule has 0 unspecified atom stereocenters. The predicted octanol–water partition coefficient (Wildman–Crippen LogP) is 3.99. The zero-order chi connectivity index (χ0) is 11.9. The van der Waals surface area contributed by atoms with Crippen molar-refractivity contribution in [3.05, 3.63) is 34.2 Å². The molecule has 2 rings (SSSR count). The molecule has 0 aromatic carbocycles. The largest absolute Gasteiger partial charge is 0.291 e. The molecule has 0 fully saturated rings. The van der Waals surface area contributed by atoms with Crippen LogP contribution in [0.25, 0.3) is 5.65 Å². The number of pyridine rings is 1. The number of halogens is 1. The third kappa shape index (κ3) is 2.14. The van der Waals surface area contributed by atoms with Gasteiger partial charge in [0.15, 0.2) is 0 Å². The van der Waals surface area contributed by atoms with Crippen molar-refractivity contribution in [1.29, 1.82) is 0 Å². The van der Waals surface area contributed by atoms with Crippen LogP contribution in [-0.2, 0) is 6.42 Å². The van der Waals surface area contributed by atoms with Crippen LogP contribution in [0.15, 0.2) is 22.8 Å². The van der Waals surface area contributed by atoms with E-state index in [2.05, 4.69) is 59.1 Å². The van der Waals surface area contributed by atoms with Gasteiger partial charge in [0, 0.05) is 5.69 Å². The van der Waals surface area contributed by atoms with Crippen molar-refractivity contribution < 1.29 is 0 Å². The van der Waals surface area contributed by atoms with E-state index < -0.39 is 0 Å². The Morgan fingerprint density at radius 3 is 2.56 bits per heavy atom. The molecule has 2 aromatic heterocycles. The van der Waals surface area contributed by atoms with E-state index in [0.717, 1.165) is 22.4 Å². The molecule has 0 bridgehead atoms. The van der Waals surface area contributed by atoms with Crippen LogP contribution in [-0.4, -0.2) is 9.38 Å². The second kappa shape index (κ2) is 3.88. The Bertz CT molecular complexity index is 520. The van der Waals surface area contributed by atoms with Gasteiger partial charge in [-0.2, -0.15) is 0 Å². The van der Waals surface area contributed by atoms with Crippen LogP contribution in [0.3, 0.4) is 0 Å². The number of hydrogen-bond acceptors (Lipinski definition) is 1. The zero-order valence-corrected chi connectivity index (χ0v) is 11.8. The van der Waals surface area contributed by atoms with Crippen LogP contribution in [0.5, 0.6) is 0 Å². The second-order valence-corrected chi connectivity index (χ2v) is 6.20. The third-order valence-electron chi connectivity index (χ3n) is 2.55. The fraction of sp³-hybridized carbons (Fsp3) is 0.462. The SMILES string of the molecule is Cc1cccc2nc(CC(C)(C)C)c(Br)n12. The van der Waals surface area contributed by atoms with Gasteiger partial charge in [-0.05, 0) is 46.8 Å². The van der Waals surface area contributed by atoms with Gasteiger partial charge in [0.1, 0.15) is 10.3 Å². The Morgan fingerprint density at radius 2 is 2.00 bits per heavy atom. The molecule has 0 N–H and O–H groups in total. The van der Waals surface area contributed by atoms with E-state index in [0.29, 0.717) is 0 Å². The summed E-state index contributed by atoms with van der Waals surface area (Å²) in [6.45, 7) is 8.79. The normalized spacial score (nSPS) is 12.3. The number of imidazole rings is 1. The lowest BCUT2D eigenvalue weighted by Crippen LogP contribution is -2.09. The minimum Gasteiger partial charge on any atom is -0.291 e. The lowest BCUT2D eigenvalue weighted by Gasteiger charge is -2.16. The highest BCUT2D eigenvalue weighted by molar-refractivity contribution is 9.10.